The number of anilines is 1. The molecule has 2 aliphatic rings. The van der Waals surface area contributed by atoms with Crippen LogP contribution in [0.4, 0.5) is 14.5 Å². The normalized spacial score (nSPS) is 17.4. The van der Waals surface area contributed by atoms with E-state index >= 15 is 0 Å². The molecular formula is C28H26F2N2O4S. The first-order chi connectivity index (χ1) is 17.5. The van der Waals surface area contributed by atoms with Crippen LogP contribution < -0.4 is 10.6 Å². The Bertz CT molecular complexity index is 1490. The van der Waals surface area contributed by atoms with Crippen LogP contribution in [0, 0.1) is 11.6 Å². The fraction of sp³-hybridized carbons (Fsp3) is 0.286. The summed E-state index contributed by atoms with van der Waals surface area (Å²) >= 11 is 0. The predicted octanol–water partition coefficient (Wildman–Crippen LogP) is 4.85. The fourth-order valence-electron chi connectivity index (χ4n) is 4.89. The summed E-state index contributed by atoms with van der Waals surface area (Å²) in [6, 6.07) is 16.2. The molecule has 9 heteroatoms. The van der Waals surface area contributed by atoms with E-state index in [-0.39, 0.29) is 22.2 Å². The molecule has 192 valence electrons. The maximum atomic E-state index is 14.2. The van der Waals surface area contributed by atoms with Crippen LogP contribution in [0.1, 0.15) is 53.6 Å². The quantitative estimate of drug-likeness (QED) is 0.433. The number of benzene rings is 3. The third-order valence-electron chi connectivity index (χ3n) is 7.43. The van der Waals surface area contributed by atoms with Crippen molar-refractivity contribution in [2.24, 2.45) is 0 Å². The Balaban J connectivity index is 1.32. The van der Waals surface area contributed by atoms with E-state index in [9.17, 15) is 26.8 Å². The first-order valence-electron chi connectivity index (χ1n) is 12.0. The average molecular weight is 525 g/mol. The van der Waals surface area contributed by atoms with Crippen LogP contribution >= 0.6 is 0 Å². The van der Waals surface area contributed by atoms with Gasteiger partial charge >= 0.3 is 0 Å². The molecule has 2 fully saturated rings. The number of carbonyl (C=O) groups is 2. The molecule has 37 heavy (non-hydrogen) atoms. The Morgan fingerprint density at radius 3 is 2.14 bits per heavy atom. The zero-order chi connectivity index (χ0) is 26.4. The van der Waals surface area contributed by atoms with E-state index in [1.807, 2.05) is 0 Å². The SMILES string of the molecule is CS(=O)(=O)c1ccc(F)c(C(=O)Nc2ccc(C3(NC(=O)C4(c5cccc(F)c5)CC4)CCC3)cc2)c1. The Hall–Kier alpha value is -3.59. The second kappa shape index (κ2) is 9.06. The Morgan fingerprint density at radius 2 is 1.57 bits per heavy atom. The van der Waals surface area contributed by atoms with Crippen molar-refractivity contribution in [2.75, 3.05) is 11.6 Å². The van der Waals surface area contributed by atoms with Gasteiger partial charge in [0, 0.05) is 11.9 Å². The van der Waals surface area contributed by atoms with Crippen molar-refractivity contribution in [3.63, 3.8) is 0 Å². The predicted molar refractivity (Wildman–Crippen MR) is 135 cm³/mol. The number of amides is 2. The number of hydrogen-bond acceptors (Lipinski definition) is 4. The molecule has 2 N–H and O–H groups in total. The summed E-state index contributed by atoms with van der Waals surface area (Å²) in [4.78, 5) is 25.9. The number of rotatable bonds is 7. The lowest BCUT2D eigenvalue weighted by atomic mass is 9.71. The average Bonchev–Trinajstić information content (AvgIpc) is 3.64. The molecule has 0 aliphatic heterocycles. The molecule has 3 aromatic carbocycles. The van der Waals surface area contributed by atoms with E-state index in [0.717, 1.165) is 49.3 Å². The van der Waals surface area contributed by atoms with Crippen molar-refractivity contribution in [3.05, 3.63) is 95.1 Å². The van der Waals surface area contributed by atoms with Crippen LogP contribution in [-0.2, 0) is 25.6 Å². The Morgan fingerprint density at radius 1 is 0.865 bits per heavy atom. The van der Waals surface area contributed by atoms with E-state index in [1.165, 1.54) is 12.1 Å². The summed E-state index contributed by atoms with van der Waals surface area (Å²) in [5, 5.41) is 5.82. The van der Waals surface area contributed by atoms with Crippen LogP contribution in [0.25, 0.3) is 0 Å². The minimum Gasteiger partial charge on any atom is -0.346 e. The van der Waals surface area contributed by atoms with E-state index in [4.69, 9.17) is 0 Å². The van der Waals surface area contributed by atoms with Gasteiger partial charge in [-0.2, -0.15) is 0 Å². The van der Waals surface area contributed by atoms with Gasteiger partial charge in [0.1, 0.15) is 11.6 Å². The highest BCUT2D eigenvalue weighted by Gasteiger charge is 2.54. The minimum atomic E-state index is -3.60. The summed E-state index contributed by atoms with van der Waals surface area (Å²) in [5.74, 6) is -2.08. The molecule has 2 aliphatic carbocycles. The van der Waals surface area contributed by atoms with Crippen LogP contribution in [0.2, 0.25) is 0 Å². The lowest BCUT2D eigenvalue weighted by Crippen LogP contribution is -2.53. The molecule has 0 heterocycles. The molecule has 2 saturated carbocycles. The fourth-order valence-corrected chi connectivity index (χ4v) is 5.54. The van der Waals surface area contributed by atoms with Gasteiger partial charge < -0.3 is 10.6 Å². The van der Waals surface area contributed by atoms with Crippen molar-refractivity contribution in [1.29, 1.82) is 0 Å². The Kier molecular flexibility index (Phi) is 6.14. The number of sulfone groups is 1. The zero-order valence-electron chi connectivity index (χ0n) is 20.2. The number of hydrogen-bond donors (Lipinski definition) is 2. The van der Waals surface area contributed by atoms with Crippen LogP contribution in [0.15, 0.2) is 71.6 Å². The molecule has 0 saturated heterocycles. The van der Waals surface area contributed by atoms with Crippen LogP contribution in [-0.4, -0.2) is 26.5 Å². The monoisotopic (exact) mass is 524 g/mol. The highest BCUT2D eigenvalue weighted by Crippen LogP contribution is 2.50. The summed E-state index contributed by atoms with van der Waals surface area (Å²) < 4.78 is 51.6. The summed E-state index contributed by atoms with van der Waals surface area (Å²) in [6.45, 7) is 0. The van der Waals surface area contributed by atoms with Gasteiger partial charge in [-0.15, -0.1) is 0 Å². The first-order valence-corrected chi connectivity index (χ1v) is 13.9. The molecule has 0 atom stereocenters. The van der Waals surface area contributed by atoms with E-state index in [2.05, 4.69) is 10.6 Å². The Labute approximate surface area is 214 Å². The minimum absolute atomic E-state index is 0.114. The standard InChI is InChI=1S/C28H26F2N2O4S/c1-37(35,36)22-10-11-24(30)23(17-22)25(33)31-21-8-6-18(7-9-21)28(12-3-13-28)32-26(34)27(14-15-27)19-4-2-5-20(29)16-19/h2,4-11,16-17H,3,12-15H2,1H3,(H,31,33)(H,32,34). The highest BCUT2D eigenvalue weighted by atomic mass is 32.2. The van der Waals surface area contributed by atoms with Crippen LogP contribution in [0.5, 0.6) is 0 Å². The van der Waals surface area contributed by atoms with E-state index in [1.54, 1.807) is 36.4 Å². The molecule has 0 unspecified atom stereocenters. The second-order valence-corrected chi connectivity index (χ2v) is 11.9. The highest BCUT2D eigenvalue weighted by molar-refractivity contribution is 7.90. The third-order valence-corrected chi connectivity index (χ3v) is 8.54. The van der Waals surface area contributed by atoms with Gasteiger partial charge in [-0.1, -0.05) is 24.3 Å². The first kappa shape index (κ1) is 25.1. The van der Waals surface area contributed by atoms with Gasteiger partial charge in [-0.05, 0) is 85.7 Å². The maximum absolute atomic E-state index is 14.2. The molecule has 0 spiro atoms. The molecule has 0 bridgehead atoms. The maximum Gasteiger partial charge on any atom is 0.258 e. The number of halogens is 2. The van der Waals surface area contributed by atoms with Gasteiger partial charge in [0.2, 0.25) is 5.91 Å². The third kappa shape index (κ3) is 4.75. The van der Waals surface area contributed by atoms with Crippen molar-refractivity contribution in [2.45, 2.75) is 48.0 Å². The molecule has 0 radical (unpaired) electrons. The molecule has 5 rings (SSSR count). The zero-order valence-corrected chi connectivity index (χ0v) is 21.0. The lowest BCUT2D eigenvalue weighted by Gasteiger charge is -2.44. The van der Waals surface area contributed by atoms with E-state index < -0.39 is 32.5 Å². The van der Waals surface area contributed by atoms with Gasteiger partial charge in [0.25, 0.3) is 5.91 Å². The van der Waals surface area contributed by atoms with Gasteiger partial charge in [0.15, 0.2) is 9.84 Å². The van der Waals surface area contributed by atoms with E-state index in [0.29, 0.717) is 24.1 Å². The van der Waals surface area contributed by atoms with Crippen molar-refractivity contribution < 1.29 is 26.8 Å². The molecule has 3 aromatic rings. The van der Waals surface area contributed by atoms with Crippen LogP contribution in [0.3, 0.4) is 0 Å². The summed E-state index contributed by atoms with van der Waals surface area (Å²) in [5.41, 5.74) is 0.343. The van der Waals surface area contributed by atoms with Gasteiger partial charge in [0.05, 0.1) is 21.4 Å². The molecule has 6 nitrogen and oxygen atoms in total. The molecular weight excluding hydrogens is 498 g/mol. The molecule has 2 amide bonds. The largest absolute Gasteiger partial charge is 0.346 e. The molecule has 0 aromatic heterocycles. The number of carbonyl (C=O) groups excluding carboxylic acids is 2. The summed E-state index contributed by atoms with van der Waals surface area (Å²) in [7, 11) is -3.60. The lowest BCUT2D eigenvalue weighted by molar-refractivity contribution is -0.127. The van der Waals surface area contributed by atoms with Gasteiger partial charge in [-0.3, -0.25) is 9.59 Å². The van der Waals surface area contributed by atoms with Crippen molar-refractivity contribution in [1.82, 2.24) is 5.32 Å². The topological polar surface area (TPSA) is 92.3 Å². The van der Waals surface area contributed by atoms with Crippen molar-refractivity contribution in [3.8, 4) is 0 Å². The second-order valence-electron chi connectivity index (χ2n) is 9.93. The summed E-state index contributed by atoms with van der Waals surface area (Å²) in [6.07, 6.45) is 4.78. The van der Waals surface area contributed by atoms with Gasteiger partial charge in [-0.25, -0.2) is 17.2 Å². The number of nitrogens with one attached hydrogen (secondary N) is 2. The van der Waals surface area contributed by atoms with Crippen molar-refractivity contribution >= 4 is 27.3 Å². The smallest absolute Gasteiger partial charge is 0.258 e.